The summed E-state index contributed by atoms with van der Waals surface area (Å²) in [6.07, 6.45) is 0.807. The molecule has 1 aromatic heterocycles. The van der Waals surface area contributed by atoms with E-state index in [1.807, 2.05) is 65.2 Å². The van der Waals surface area contributed by atoms with E-state index in [1.165, 1.54) is 5.56 Å². The number of nitrogens with one attached hydrogen (secondary N) is 1. The van der Waals surface area contributed by atoms with Gasteiger partial charge in [0.05, 0.1) is 6.04 Å². The molecule has 0 spiro atoms. The van der Waals surface area contributed by atoms with E-state index >= 15 is 0 Å². The summed E-state index contributed by atoms with van der Waals surface area (Å²) in [6, 6.07) is 28.3. The van der Waals surface area contributed by atoms with Crippen molar-refractivity contribution in [3.8, 4) is 22.6 Å². The van der Waals surface area contributed by atoms with E-state index < -0.39 is 0 Å². The first-order valence-electron chi connectivity index (χ1n) is 11.2. The van der Waals surface area contributed by atoms with Crippen LogP contribution in [0.2, 0.25) is 0 Å². The molecule has 0 saturated heterocycles. The molecule has 4 rings (SSSR count). The molecule has 0 fully saturated rings. The molecular weight excluding hydrogens is 394 g/mol. The summed E-state index contributed by atoms with van der Waals surface area (Å²) in [6.45, 7) is 6.85. The van der Waals surface area contributed by atoms with E-state index in [9.17, 15) is 4.79 Å². The van der Waals surface area contributed by atoms with Gasteiger partial charge in [-0.25, -0.2) is 4.98 Å². The monoisotopic (exact) mass is 423 g/mol. The highest BCUT2D eigenvalue weighted by Gasteiger charge is 2.26. The van der Waals surface area contributed by atoms with E-state index in [0.29, 0.717) is 17.9 Å². The summed E-state index contributed by atoms with van der Waals surface area (Å²) in [4.78, 5) is 18.7. The molecule has 1 amide bonds. The fourth-order valence-electron chi connectivity index (χ4n) is 4.04. The number of imidazole rings is 1. The third kappa shape index (κ3) is 4.35. The maximum absolute atomic E-state index is 13.7. The van der Waals surface area contributed by atoms with E-state index in [0.717, 1.165) is 28.9 Å². The van der Waals surface area contributed by atoms with Gasteiger partial charge >= 0.3 is 0 Å². The molecule has 4 aromatic rings. The molecule has 0 bridgehead atoms. The predicted molar refractivity (Wildman–Crippen MR) is 130 cm³/mol. The van der Waals surface area contributed by atoms with Gasteiger partial charge in [0, 0.05) is 17.7 Å². The number of benzene rings is 3. The Kier molecular flexibility index (Phi) is 6.50. The van der Waals surface area contributed by atoms with Crippen LogP contribution in [0.1, 0.15) is 47.9 Å². The van der Waals surface area contributed by atoms with Crippen LogP contribution >= 0.6 is 0 Å². The Balaban J connectivity index is 1.82. The lowest BCUT2D eigenvalue weighted by molar-refractivity contribution is 0.0927. The zero-order valence-corrected chi connectivity index (χ0v) is 18.9. The van der Waals surface area contributed by atoms with Crippen molar-refractivity contribution in [3.63, 3.8) is 0 Å². The number of hydrogen-bond acceptors (Lipinski definition) is 2. The van der Waals surface area contributed by atoms with Crippen molar-refractivity contribution in [1.29, 1.82) is 0 Å². The lowest BCUT2D eigenvalue weighted by Gasteiger charge is -2.19. The van der Waals surface area contributed by atoms with Gasteiger partial charge in [0.2, 0.25) is 0 Å². The highest BCUT2D eigenvalue weighted by Crippen LogP contribution is 2.30. The van der Waals surface area contributed by atoms with Crippen molar-refractivity contribution in [1.82, 2.24) is 14.9 Å². The van der Waals surface area contributed by atoms with E-state index in [-0.39, 0.29) is 11.9 Å². The Morgan fingerprint density at radius 3 is 2.09 bits per heavy atom. The van der Waals surface area contributed by atoms with Crippen LogP contribution in [0.3, 0.4) is 0 Å². The lowest BCUT2D eigenvalue weighted by atomic mass is 10.0. The SMILES string of the molecule is CC[C@H](NC(=O)c1c(-c2ccc(C)cc2)nc(-c2ccccc2)n1CC)c1ccccc1. The number of aromatic nitrogens is 2. The Morgan fingerprint density at radius 1 is 0.875 bits per heavy atom. The summed E-state index contributed by atoms with van der Waals surface area (Å²) in [5, 5.41) is 3.26. The van der Waals surface area contributed by atoms with Gasteiger partial charge in [-0.2, -0.15) is 0 Å². The second-order valence-electron chi connectivity index (χ2n) is 7.95. The topological polar surface area (TPSA) is 46.9 Å². The average molecular weight is 424 g/mol. The number of carbonyl (C=O) groups is 1. The Morgan fingerprint density at radius 2 is 1.50 bits per heavy atom. The van der Waals surface area contributed by atoms with E-state index in [4.69, 9.17) is 4.98 Å². The van der Waals surface area contributed by atoms with Crippen LogP contribution < -0.4 is 5.32 Å². The molecule has 0 unspecified atom stereocenters. The molecule has 32 heavy (non-hydrogen) atoms. The van der Waals surface area contributed by atoms with Gasteiger partial charge in [-0.3, -0.25) is 4.79 Å². The summed E-state index contributed by atoms with van der Waals surface area (Å²) in [5.41, 5.74) is 5.53. The molecule has 0 radical (unpaired) electrons. The number of aryl methyl sites for hydroxylation is 1. The molecular formula is C28H29N3O. The standard InChI is InChI=1S/C28H29N3O/c1-4-24(21-12-8-6-9-13-21)29-28(32)26-25(22-18-16-20(3)17-19-22)30-27(31(26)5-2)23-14-10-7-11-15-23/h6-19,24H,4-5H2,1-3H3,(H,29,32)/t24-/m0/s1. The summed E-state index contributed by atoms with van der Waals surface area (Å²) >= 11 is 0. The molecule has 1 heterocycles. The minimum Gasteiger partial charge on any atom is -0.344 e. The highest BCUT2D eigenvalue weighted by atomic mass is 16.2. The molecule has 3 aromatic carbocycles. The molecule has 162 valence electrons. The van der Waals surface area contributed by atoms with Crippen molar-refractivity contribution in [2.45, 2.75) is 39.8 Å². The zero-order chi connectivity index (χ0) is 22.5. The van der Waals surface area contributed by atoms with E-state index in [1.54, 1.807) is 0 Å². The van der Waals surface area contributed by atoms with Gasteiger partial charge in [0.25, 0.3) is 5.91 Å². The summed E-state index contributed by atoms with van der Waals surface area (Å²) in [7, 11) is 0. The Bertz CT molecular complexity index is 1180. The fourth-order valence-corrected chi connectivity index (χ4v) is 4.04. The quantitative estimate of drug-likeness (QED) is 0.372. The van der Waals surface area contributed by atoms with Gasteiger partial charge in [-0.15, -0.1) is 0 Å². The molecule has 1 atom stereocenters. The van der Waals surface area contributed by atoms with Crippen LogP contribution in [0.15, 0.2) is 84.9 Å². The van der Waals surface area contributed by atoms with Gasteiger partial charge in [0.1, 0.15) is 17.2 Å². The van der Waals surface area contributed by atoms with Gasteiger partial charge in [0.15, 0.2) is 0 Å². The fraction of sp³-hybridized carbons (Fsp3) is 0.214. The molecule has 0 aliphatic heterocycles. The van der Waals surface area contributed by atoms with Gasteiger partial charge in [-0.05, 0) is 25.8 Å². The van der Waals surface area contributed by atoms with Crippen LogP contribution in [0, 0.1) is 6.92 Å². The second kappa shape index (κ2) is 9.65. The number of carbonyl (C=O) groups excluding carboxylic acids is 1. The normalized spacial score (nSPS) is 11.8. The minimum absolute atomic E-state index is 0.0602. The molecule has 0 saturated carbocycles. The molecule has 1 N–H and O–H groups in total. The lowest BCUT2D eigenvalue weighted by Crippen LogP contribution is -2.30. The van der Waals surface area contributed by atoms with Crippen LogP contribution in [-0.4, -0.2) is 15.5 Å². The van der Waals surface area contributed by atoms with E-state index in [2.05, 4.69) is 50.4 Å². The van der Waals surface area contributed by atoms with Crippen LogP contribution in [0.5, 0.6) is 0 Å². The van der Waals surface area contributed by atoms with Crippen molar-refractivity contribution in [2.75, 3.05) is 0 Å². The molecule has 0 aliphatic rings. The average Bonchev–Trinajstić information content (AvgIpc) is 3.24. The first-order valence-corrected chi connectivity index (χ1v) is 11.2. The number of rotatable bonds is 7. The first-order chi connectivity index (χ1) is 15.6. The molecule has 4 heteroatoms. The van der Waals surface area contributed by atoms with Crippen molar-refractivity contribution < 1.29 is 4.79 Å². The van der Waals surface area contributed by atoms with Crippen molar-refractivity contribution in [3.05, 3.63) is 102 Å². The number of amides is 1. The maximum atomic E-state index is 13.7. The zero-order valence-electron chi connectivity index (χ0n) is 18.9. The third-order valence-electron chi connectivity index (χ3n) is 5.77. The Labute approximate surface area is 190 Å². The van der Waals surface area contributed by atoms with Crippen molar-refractivity contribution >= 4 is 5.91 Å². The summed E-state index contributed by atoms with van der Waals surface area (Å²) in [5.74, 6) is 0.703. The summed E-state index contributed by atoms with van der Waals surface area (Å²) < 4.78 is 2.03. The molecule has 4 nitrogen and oxygen atoms in total. The smallest absolute Gasteiger partial charge is 0.270 e. The van der Waals surface area contributed by atoms with Crippen molar-refractivity contribution in [2.24, 2.45) is 0 Å². The van der Waals surface area contributed by atoms with Crippen LogP contribution in [0.25, 0.3) is 22.6 Å². The minimum atomic E-state index is -0.104. The third-order valence-corrected chi connectivity index (χ3v) is 5.77. The maximum Gasteiger partial charge on any atom is 0.270 e. The largest absolute Gasteiger partial charge is 0.344 e. The van der Waals surface area contributed by atoms with Crippen LogP contribution in [0.4, 0.5) is 0 Å². The Hall–Kier alpha value is -3.66. The number of nitrogens with zero attached hydrogens (tertiary/aromatic N) is 2. The molecule has 0 aliphatic carbocycles. The van der Waals surface area contributed by atoms with Gasteiger partial charge in [-0.1, -0.05) is 97.4 Å². The number of hydrogen-bond donors (Lipinski definition) is 1. The predicted octanol–water partition coefficient (Wildman–Crippen LogP) is 6.43. The van der Waals surface area contributed by atoms with Gasteiger partial charge < -0.3 is 9.88 Å². The highest BCUT2D eigenvalue weighted by molar-refractivity contribution is 5.99. The van der Waals surface area contributed by atoms with Crippen LogP contribution in [-0.2, 0) is 6.54 Å². The second-order valence-corrected chi connectivity index (χ2v) is 7.95. The first kappa shape index (κ1) is 21.6.